The Hall–Kier alpha value is -1.58. The largest absolute Gasteiger partial charge is 0.356 e. The molecule has 0 atom stereocenters. The van der Waals surface area contributed by atoms with Crippen molar-refractivity contribution in [3.05, 3.63) is 34.7 Å². The van der Waals surface area contributed by atoms with Gasteiger partial charge in [0.1, 0.15) is 5.82 Å². The summed E-state index contributed by atoms with van der Waals surface area (Å²) in [7, 11) is 3.77. The summed E-state index contributed by atoms with van der Waals surface area (Å²) in [5.41, 5.74) is 4.64. The van der Waals surface area contributed by atoms with Crippen LogP contribution in [0.5, 0.6) is 0 Å². The topological polar surface area (TPSA) is 72.1 Å². The van der Waals surface area contributed by atoms with Crippen LogP contribution in [0.3, 0.4) is 0 Å². The summed E-state index contributed by atoms with van der Waals surface area (Å²) in [5.74, 6) is 2.05. The fourth-order valence-electron chi connectivity index (χ4n) is 3.37. The minimum atomic E-state index is 0. The second-order valence-electron chi connectivity index (χ2n) is 6.67. The lowest BCUT2D eigenvalue weighted by Crippen LogP contribution is -2.38. The van der Waals surface area contributed by atoms with Crippen molar-refractivity contribution in [3.8, 4) is 0 Å². The molecule has 3 rings (SSSR count). The Morgan fingerprint density at radius 1 is 1.27 bits per heavy atom. The van der Waals surface area contributed by atoms with E-state index in [4.69, 9.17) is 4.98 Å². The molecular formula is C18H30IN7. The quantitative estimate of drug-likeness (QED) is 0.398. The van der Waals surface area contributed by atoms with Crippen LogP contribution in [0.2, 0.25) is 0 Å². The highest BCUT2D eigenvalue weighted by Crippen LogP contribution is 2.14. The van der Waals surface area contributed by atoms with E-state index in [0.29, 0.717) is 0 Å². The molecule has 26 heavy (non-hydrogen) atoms. The number of nitrogens with zero attached hydrogens (tertiary/aromatic N) is 5. The van der Waals surface area contributed by atoms with E-state index in [9.17, 15) is 0 Å². The molecule has 0 unspecified atom stereocenters. The molecule has 1 aliphatic heterocycles. The van der Waals surface area contributed by atoms with Gasteiger partial charge in [-0.1, -0.05) is 0 Å². The van der Waals surface area contributed by atoms with Crippen molar-refractivity contribution in [2.75, 3.05) is 13.6 Å². The van der Waals surface area contributed by atoms with Gasteiger partial charge in [-0.25, -0.2) is 4.98 Å². The first-order valence-electron chi connectivity index (χ1n) is 9.07. The van der Waals surface area contributed by atoms with Gasteiger partial charge in [0.15, 0.2) is 5.96 Å². The van der Waals surface area contributed by atoms with Crippen molar-refractivity contribution in [2.24, 2.45) is 12.0 Å². The SMILES string of the molecule is CN=C(NCCc1cn2c(n1)CCCC2)NCc1c(C)nn(C)c1C.I. The maximum Gasteiger partial charge on any atom is 0.191 e. The molecule has 8 heteroatoms. The first kappa shape index (κ1) is 20.7. The number of rotatable bonds is 5. The number of hydrogen-bond acceptors (Lipinski definition) is 3. The van der Waals surface area contributed by atoms with Crippen LogP contribution in [-0.4, -0.2) is 38.9 Å². The van der Waals surface area contributed by atoms with E-state index in [2.05, 4.69) is 38.4 Å². The van der Waals surface area contributed by atoms with Crippen LogP contribution in [0, 0.1) is 13.8 Å². The van der Waals surface area contributed by atoms with Crippen molar-refractivity contribution in [2.45, 2.75) is 52.6 Å². The fraction of sp³-hybridized carbons (Fsp3) is 0.611. The molecule has 0 amide bonds. The highest BCUT2D eigenvalue weighted by Gasteiger charge is 2.12. The molecule has 0 radical (unpaired) electrons. The molecule has 0 bridgehead atoms. The van der Waals surface area contributed by atoms with Gasteiger partial charge >= 0.3 is 0 Å². The first-order valence-corrected chi connectivity index (χ1v) is 9.07. The zero-order valence-electron chi connectivity index (χ0n) is 16.2. The number of guanidine groups is 1. The molecule has 2 N–H and O–H groups in total. The van der Waals surface area contributed by atoms with Gasteiger partial charge in [0, 0.05) is 64.0 Å². The summed E-state index contributed by atoms with van der Waals surface area (Å²) < 4.78 is 4.23. The Kier molecular flexibility index (Phi) is 7.48. The van der Waals surface area contributed by atoms with E-state index < -0.39 is 0 Å². The Labute approximate surface area is 172 Å². The van der Waals surface area contributed by atoms with Crippen LogP contribution in [0.4, 0.5) is 0 Å². The standard InChI is InChI=1S/C18H29N7.HI/c1-13-16(14(2)24(4)23-13)11-21-18(19-3)20-9-8-15-12-25-10-6-5-7-17(25)22-15;/h12H,5-11H2,1-4H3,(H2,19,20,21);1H. The van der Waals surface area contributed by atoms with Crippen molar-refractivity contribution in [1.29, 1.82) is 0 Å². The van der Waals surface area contributed by atoms with Crippen molar-refractivity contribution in [1.82, 2.24) is 30.0 Å². The van der Waals surface area contributed by atoms with E-state index in [1.54, 1.807) is 7.05 Å². The molecule has 144 valence electrons. The minimum Gasteiger partial charge on any atom is -0.356 e. The average molecular weight is 471 g/mol. The minimum absolute atomic E-state index is 0. The lowest BCUT2D eigenvalue weighted by Gasteiger charge is -2.12. The molecule has 0 spiro atoms. The van der Waals surface area contributed by atoms with Crippen LogP contribution in [0.25, 0.3) is 0 Å². The molecule has 0 aromatic carbocycles. The van der Waals surface area contributed by atoms with Gasteiger partial charge in [-0.3, -0.25) is 9.67 Å². The number of hydrogen-bond donors (Lipinski definition) is 2. The van der Waals surface area contributed by atoms with Crippen molar-refractivity contribution in [3.63, 3.8) is 0 Å². The van der Waals surface area contributed by atoms with Gasteiger partial charge in [-0.15, -0.1) is 24.0 Å². The zero-order chi connectivity index (χ0) is 17.8. The van der Waals surface area contributed by atoms with Crippen LogP contribution < -0.4 is 10.6 Å². The molecule has 2 aromatic rings. The van der Waals surface area contributed by atoms with E-state index in [1.165, 1.54) is 35.6 Å². The maximum atomic E-state index is 4.74. The second kappa shape index (κ2) is 9.38. The van der Waals surface area contributed by atoms with E-state index in [0.717, 1.165) is 44.1 Å². The predicted molar refractivity (Wildman–Crippen MR) is 115 cm³/mol. The van der Waals surface area contributed by atoms with Gasteiger partial charge in [-0.2, -0.15) is 5.10 Å². The Morgan fingerprint density at radius 3 is 2.73 bits per heavy atom. The fourth-order valence-corrected chi connectivity index (χ4v) is 3.37. The lowest BCUT2D eigenvalue weighted by molar-refractivity contribution is 0.522. The van der Waals surface area contributed by atoms with Crippen LogP contribution in [0.15, 0.2) is 11.2 Å². The molecule has 0 saturated carbocycles. The number of aromatic nitrogens is 4. The third kappa shape index (κ3) is 4.77. The number of fused-ring (bicyclic) bond motifs is 1. The highest BCUT2D eigenvalue weighted by molar-refractivity contribution is 14.0. The Bertz CT molecular complexity index is 736. The number of aliphatic imine (C=N–C) groups is 1. The van der Waals surface area contributed by atoms with Crippen molar-refractivity contribution < 1.29 is 0 Å². The number of nitrogens with one attached hydrogen (secondary N) is 2. The van der Waals surface area contributed by atoms with Gasteiger partial charge < -0.3 is 15.2 Å². The highest BCUT2D eigenvalue weighted by atomic mass is 127. The van der Waals surface area contributed by atoms with Crippen LogP contribution in [0.1, 0.15) is 41.3 Å². The number of imidazole rings is 1. The van der Waals surface area contributed by atoms with Gasteiger partial charge in [0.05, 0.1) is 11.4 Å². The molecule has 0 saturated heterocycles. The maximum absolute atomic E-state index is 4.74. The molecule has 7 nitrogen and oxygen atoms in total. The first-order chi connectivity index (χ1) is 12.1. The molecule has 2 aromatic heterocycles. The smallest absolute Gasteiger partial charge is 0.191 e. The predicted octanol–water partition coefficient (Wildman–Crippen LogP) is 2.10. The number of aryl methyl sites for hydroxylation is 4. The van der Waals surface area contributed by atoms with E-state index in [-0.39, 0.29) is 24.0 Å². The van der Waals surface area contributed by atoms with Crippen molar-refractivity contribution >= 4 is 29.9 Å². The second-order valence-corrected chi connectivity index (χ2v) is 6.67. The Morgan fingerprint density at radius 2 is 2.08 bits per heavy atom. The van der Waals surface area contributed by atoms with Gasteiger partial charge in [0.2, 0.25) is 0 Å². The van der Waals surface area contributed by atoms with E-state index in [1.807, 2.05) is 18.7 Å². The molecule has 1 aliphatic rings. The monoisotopic (exact) mass is 471 g/mol. The summed E-state index contributed by atoms with van der Waals surface area (Å²) >= 11 is 0. The third-order valence-corrected chi connectivity index (χ3v) is 4.95. The van der Waals surface area contributed by atoms with Gasteiger partial charge in [-0.05, 0) is 26.7 Å². The van der Waals surface area contributed by atoms with Gasteiger partial charge in [0.25, 0.3) is 0 Å². The summed E-state index contributed by atoms with van der Waals surface area (Å²) in [6.07, 6.45) is 6.75. The van der Waals surface area contributed by atoms with E-state index >= 15 is 0 Å². The Balaban J connectivity index is 0.00000243. The summed E-state index contributed by atoms with van der Waals surface area (Å²) in [6, 6.07) is 0. The molecular weight excluding hydrogens is 441 g/mol. The summed E-state index contributed by atoms with van der Waals surface area (Å²) in [6.45, 7) is 6.79. The summed E-state index contributed by atoms with van der Waals surface area (Å²) in [5, 5.41) is 11.2. The third-order valence-electron chi connectivity index (χ3n) is 4.95. The number of halogens is 1. The molecule has 3 heterocycles. The lowest BCUT2D eigenvalue weighted by atomic mass is 10.2. The summed E-state index contributed by atoms with van der Waals surface area (Å²) in [4.78, 5) is 9.05. The zero-order valence-corrected chi connectivity index (χ0v) is 18.5. The average Bonchev–Trinajstić information content (AvgIpc) is 3.12. The van der Waals surface area contributed by atoms with Crippen LogP contribution in [-0.2, 0) is 33.0 Å². The van der Waals surface area contributed by atoms with Crippen LogP contribution >= 0.6 is 24.0 Å². The molecule has 0 aliphatic carbocycles. The normalized spacial score (nSPS) is 13.9. The molecule has 0 fully saturated rings.